The van der Waals surface area contributed by atoms with E-state index < -0.39 is 155 Å². The first-order valence-corrected chi connectivity index (χ1v) is 22.9. The van der Waals surface area contributed by atoms with Crippen molar-refractivity contribution < 1.29 is 71.1 Å². The van der Waals surface area contributed by atoms with Gasteiger partial charge in [0.1, 0.15) is 0 Å². The topological polar surface area (TPSA) is 80.9 Å². The fourth-order valence-corrected chi connectivity index (χ4v) is 7.06. The Balaban J connectivity index is 0.000000648. The molecule has 0 aliphatic heterocycles. The number of allylic oxidation sites excluding steroid dienone is 14. The predicted octanol–water partition coefficient (Wildman–Crippen LogP) is 17.0. The molecule has 4 N–H and O–H groups in total. The SMILES string of the molecule is C=C(C)C1C=CC(C)([13CH3])CC1.[2H]C([2H])([2H])C(=C)C1C=CC(O)(C([2H])([2H])[2H])CC1.[2H]C([2H])=C(C)C1C=CC(C)(C([2H])([2H])[2H])CC1.[2H]C([2H])=C(C1C=CC(C)(O)CC1)C([2H])([2H])[2H].[2H]C([2H])=C(C1C=CC(O)(C([2H])([2H])[2H])CC1)C([2H])([2H])C.[2H]OC1(C([2H])([2H])[2H])C(C)=C([2H])C([2H])(C(=C([2H])[2H])C([2H])([2H])[2H])C([2H])([2H])C1([2H])[2H]. The Hall–Kier alpha value is -3.28. The van der Waals surface area contributed by atoms with E-state index in [1.807, 2.05) is 6.08 Å². The van der Waals surface area contributed by atoms with Crippen molar-refractivity contribution in [1.29, 1.82) is 1.43 Å². The molecule has 0 aromatic carbocycles. The quantitative estimate of drug-likeness (QED) is 0.144. The molecule has 6 aliphatic carbocycles. The number of rotatable bonds is 8. The highest BCUT2D eigenvalue weighted by molar-refractivity contribution is 5.23. The van der Waals surface area contributed by atoms with Gasteiger partial charge in [0.2, 0.25) is 1.43 Å². The van der Waals surface area contributed by atoms with Gasteiger partial charge in [0.25, 0.3) is 0 Å². The summed E-state index contributed by atoms with van der Waals surface area (Å²) in [7, 11) is 0. The predicted molar refractivity (Wildman–Crippen MR) is 299 cm³/mol. The lowest BCUT2D eigenvalue weighted by atomic mass is 9.77. The standard InChI is InChI=1S/2C11H18O.2C11H18.2C10H16O/c1-8(2)10-5-6-11(4,12)9(3)7-10;1-4-9(2)10-5-7-11(3,12)8-6-10;2*1-9(2)10-5-7-11(3,4)8-6-10;2*1-8(2)9-4-6-10(3,11)7-5-9/h7,10,12H,1,5-6H2,2-4H3;5,7,10,12H,2,4,6,8H2,1,3H3;2*5,7,10H,1,6,8H2,2-4H3;2*4,6,9,11H,1,5,7H2,2-3H3/i1D2,2D3,4D3,5D2,6D2,7D,10D,12D;2D2,3D3,4D2;1D2,3D3;3+1;2D3,3D3;1D2,2D3. The van der Waals surface area contributed by atoms with Gasteiger partial charge in [0, 0.05) is 38.4 Å². The van der Waals surface area contributed by atoms with Crippen LogP contribution in [0.2, 0.25) is 0 Å². The van der Waals surface area contributed by atoms with Crippen LogP contribution in [-0.2, 0) is 0 Å². The zero-order valence-electron chi connectivity index (χ0n) is 79.4. The maximum Gasteiger partial charge on any atom is 0.211 e. The van der Waals surface area contributed by atoms with Crippen LogP contribution in [0.5, 0.6) is 0 Å². The molecule has 0 radical (unpaired) electrons. The molecule has 384 valence electrons. The normalized spacial score (nSPS) is 48.7. The van der Waals surface area contributed by atoms with E-state index in [1.54, 1.807) is 39.0 Å². The van der Waals surface area contributed by atoms with Gasteiger partial charge >= 0.3 is 0 Å². The van der Waals surface area contributed by atoms with Crippen molar-refractivity contribution in [2.24, 2.45) is 46.3 Å². The zero-order valence-corrected chi connectivity index (χ0v) is 41.4. The second-order valence-electron chi connectivity index (χ2n) is 19.7. The van der Waals surface area contributed by atoms with Gasteiger partial charge in [0.15, 0.2) is 0 Å². The molecule has 0 spiro atoms. The molecular weight excluding hydrogens is 834 g/mol. The van der Waals surface area contributed by atoms with Crippen molar-refractivity contribution in [3.63, 3.8) is 0 Å². The number of aliphatic hydroxyl groups is 4. The molecule has 0 saturated carbocycles. The lowest BCUT2D eigenvalue weighted by molar-refractivity contribution is 0.0768. The van der Waals surface area contributed by atoms with Crippen molar-refractivity contribution in [2.75, 3.05) is 0 Å². The van der Waals surface area contributed by atoms with Crippen LogP contribution in [0.4, 0.5) is 0 Å². The van der Waals surface area contributed by atoms with Crippen LogP contribution in [0.15, 0.2) is 145 Å². The van der Waals surface area contributed by atoms with Gasteiger partial charge in [-0.2, -0.15) is 0 Å². The molecule has 0 amide bonds. The second kappa shape index (κ2) is 27.4. The highest BCUT2D eigenvalue weighted by Gasteiger charge is 2.29. The highest BCUT2D eigenvalue weighted by Crippen LogP contribution is 2.37. The largest absolute Gasteiger partial charge is 0.386 e. The third-order valence-electron chi connectivity index (χ3n) is 12.2. The maximum absolute atomic E-state index is 10.00. The summed E-state index contributed by atoms with van der Waals surface area (Å²) >= 11 is 0. The summed E-state index contributed by atoms with van der Waals surface area (Å²) in [5, 5.41) is 33.7. The van der Waals surface area contributed by atoms with E-state index in [0.717, 1.165) is 13.0 Å². The van der Waals surface area contributed by atoms with Crippen LogP contribution in [0.25, 0.3) is 0 Å². The molecule has 0 heterocycles. The Morgan fingerprint density at radius 1 is 0.647 bits per heavy atom. The zero-order chi connectivity index (χ0) is 84.2. The van der Waals surface area contributed by atoms with Crippen molar-refractivity contribution in [2.45, 2.75) is 209 Å². The van der Waals surface area contributed by atoms with E-state index >= 15 is 0 Å². The molecule has 4 nitrogen and oxygen atoms in total. The first-order chi connectivity index (χ1) is 46.9. The molecule has 6 aliphatic rings. The van der Waals surface area contributed by atoms with Crippen LogP contribution in [0.3, 0.4) is 0 Å². The Bertz CT molecular complexity index is 3370. The lowest BCUT2D eigenvalue weighted by Gasteiger charge is -2.32. The third kappa shape index (κ3) is 24.5. The van der Waals surface area contributed by atoms with Crippen LogP contribution in [0, 0.1) is 46.3 Å². The molecule has 12 unspecified atom stereocenters. The average Bonchev–Trinajstić information content (AvgIpc) is 0.666. The molecule has 6 rings (SSSR count). The van der Waals surface area contributed by atoms with Crippen molar-refractivity contribution >= 4 is 0 Å². The third-order valence-corrected chi connectivity index (χ3v) is 12.2. The number of hydrogen-bond donors (Lipinski definition) is 4. The molecule has 4 heteroatoms. The van der Waals surface area contributed by atoms with Crippen LogP contribution in [0.1, 0.15) is 237 Å². The van der Waals surface area contributed by atoms with Gasteiger partial charge in [-0.3, -0.25) is 0 Å². The van der Waals surface area contributed by atoms with E-state index in [4.69, 9.17) is 52.1 Å². The fourth-order valence-electron chi connectivity index (χ4n) is 7.06. The van der Waals surface area contributed by atoms with Gasteiger partial charge in [-0.25, -0.2) is 0 Å². The fraction of sp³-hybridized carbons (Fsp3) is 0.625. The summed E-state index contributed by atoms with van der Waals surface area (Å²) < 4.78 is 284. The summed E-state index contributed by atoms with van der Waals surface area (Å²) in [4.78, 5) is 0. The van der Waals surface area contributed by atoms with Crippen molar-refractivity contribution in [3.8, 4) is 0 Å². The molecule has 0 aromatic rings. The second-order valence-corrected chi connectivity index (χ2v) is 19.7. The Morgan fingerprint density at radius 2 is 1.12 bits per heavy atom. The van der Waals surface area contributed by atoms with Crippen molar-refractivity contribution in [3.05, 3.63) is 145 Å². The van der Waals surface area contributed by atoms with E-state index in [0.29, 0.717) is 42.6 Å². The molecular formula is C64H104O4. The van der Waals surface area contributed by atoms with E-state index in [9.17, 15) is 15.3 Å². The minimum atomic E-state index is -3.77. The van der Waals surface area contributed by atoms with Gasteiger partial charge in [0.05, 0.1) is 34.7 Å². The summed E-state index contributed by atoms with van der Waals surface area (Å²) in [6.45, 7) is -0.0350. The van der Waals surface area contributed by atoms with Gasteiger partial charge in [-0.1, -0.05) is 174 Å². The first-order valence-electron chi connectivity index (χ1n) is 41.8. The minimum Gasteiger partial charge on any atom is -0.386 e. The Morgan fingerprint density at radius 3 is 1.51 bits per heavy atom. The monoisotopic (exact) mass is 976 g/mol. The molecule has 0 saturated heterocycles. The van der Waals surface area contributed by atoms with Gasteiger partial charge in [-0.15, -0.1) is 0 Å². The van der Waals surface area contributed by atoms with Crippen LogP contribution >= 0.6 is 0 Å². The Labute approximate surface area is 473 Å². The first kappa shape index (κ1) is 24.9. The van der Waals surface area contributed by atoms with E-state index in [-0.39, 0.29) is 54.9 Å². The van der Waals surface area contributed by atoms with E-state index in [2.05, 4.69) is 51.2 Å². The summed E-state index contributed by atoms with van der Waals surface area (Å²) in [5.74, 6) is -4.09. The highest BCUT2D eigenvalue weighted by atomic mass is 16.3. The summed E-state index contributed by atoms with van der Waals surface area (Å²) in [6.07, 6.45) is 12.4. The Kier molecular flexibility index (Phi) is 10.0. The average molecular weight is 977 g/mol. The minimum absolute atomic E-state index is 0.0105. The van der Waals surface area contributed by atoms with Gasteiger partial charge < -0.3 is 20.4 Å². The molecule has 68 heavy (non-hydrogen) atoms. The molecule has 0 fully saturated rings. The lowest BCUT2D eigenvalue weighted by Crippen LogP contribution is -2.30. The summed E-state index contributed by atoms with van der Waals surface area (Å²) in [5.41, 5.74) is -8.70. The smallest absolute Gasteiger partial charge is 0.211 e. The van der Waals surface area contributed by atoms with Crippen LogP contribution in [-0.4, -0.2) is 44.3 Å². The van der Waals surface area contributed by atoms with Crippen molar-refractivity contribution in [1.82, 2.24) is 0 Å². The molecule has 0 bridgehead atoms. The summed E-state index contributed by atoms with van der Waals surface area (Å²) in [6, 6.07) is -1.30. The van der Waals surface area contributed by atoms with Gasteiger partial charge in [-0.05, 0) is 204 Å². The molecule has 0 aromatic heterocycles. The number of hydrogen-bond acceptors (Lipinski definition) is 4. The maximum atomic E-state index is 10.00. The van der Waals surface area contributed by atoms with E-state index in [1.165, 1.54) is 43.6 Å². The molecule has 12 atom stereocenters. The van der Waals surface area contributed by atoms with Crippen LogP contribution < -0.4 is 0 Å².